The number of allylic oxidation sites excluding steroid dienone is 2. The molecule has 1 aliphatic carbocycles. The Bertz CT molecular complexity index is 874. The fraction of sp³-hybridized carbons (Fsp3) is 0.318. The number of aryl methyl sites for hydroxylation is 2. The number of carbonyl (C=O) groups excluding carboxylic acids is 1. The fourth-order valence-electron chi connectivity index (χ4n) is 3.44. The van der Waals surface area contributed by atoms with Gasteiger partial charge in [-0.15, -0.1) is 0 Å². The van der Waals surface area contributed by atoms with Gasteiger partial charge in [0.1, 0.15) is 5.76 Å². The second-order valence-corrected chi connectivity index (χ2v) is 7.96. The SMILES string of the molecule is Cc1cc(-c2ccc(Cl)cc2)c(C)cc1C1=C(O)C(C)(C)CCC1=O. The van der Waals surface area contributed by atoms with Crippen molar-refractivity contribution in [1.29, 1.82) is 0 Å². The number of hydrogen-bond donors (Lipinski definition) is 1. The molecule has 0 unspecified atom stereocenters. The van der Waals surface area contributed by atoms with Gasteiger partial charge in [0.05, 0.1) is 5.57 Å². The van der Waals surface area contributed by atoms with Gasteiger partial charge >= 0.3 is 0 Å². The zero-order valence-corrected chi connectivity index (χ0v) is 15.9. The summed E-state index contributed by atoms with van der Waals surface area (Å²) in [5, 5.41) is 11.4. The lowest BCUT2D eigenvalue weighted by molar-refractivity contribution is -0.115. The first-order chi connectivity index (χ1) is 11.7. The second kappa shape index (κ2) is 6.34. The lowest BCUT2D eigenvalue weighted by atomic mass is 9.74. The van der Waals surface area contributed by atoms with E-state index in [0.29, 0.717) is 23.4 Å². The molecule has 1 aliphatic rings. The summed E-state index contributed by atoms with van der Waals surface area (Å²) in [6.07, 6.45) is 1.16. The van der Waals surface area contributed by atoms with Crippen molar-refractivity contribution in [2.24, 2.45) is 5.41 Å². The highest BCUT2D eigenvalue weighted by molar-refractivity contribution is 6.30. The van der Waals surface area contributed by atoms with Crippen molar-refractivity contribution in [2.75, 3.05) is 0 Å². The fourth-order valence-corrected chi connectivity index (χ4v) is 3.57. The van der Waals surface area contributed by atoms with Gasteiger partial charge in [0, 0.05) is 16.9 Å². The van der Waals surface area contributed by atoms with Gasteiger partial charge in [0.15, 0.2) is 5.78 Å². The van der Waals surface area contributed by atoms with Gasteiger partial charge in [0.2, 0.25) is 0 Å². The molecule has 3 rings (SSSR count). The third-order valence-corrected chi connectivity index (χ3v) is 5.38. The molecule has 0 amide bonds. The molecule has 0 radical (unpaired) electrons. The summed E-state index contributed by atoms with van der Waals surface area (Å²) < 4.78 is 0. The van der Waals surface area contributed by atoms with E-state index in [1.165, 1.54) is 0 Å². The van der Waals surface area contributed by atoms with Gasteiger partial charge in [-0.3, -0.25) is 4.79 Å². The van der Waals surface area contributed by atoms with E-state index in [1.54, 1.807) is 0 Å². The lowest BCUT2D eigenvalue weighted by Gasteiger charge is -2.31. The van der Waals surface area contributed by atoms with Crippen LogP contribution in [0.25, 0.3) is 16.7 Å². The molecule has 0 heterocycles. The number of Topliss-reactive ketones (excluding diaryl/α,β-unsaturated/α-hetero) is 1. The molecule has 0 aliphatic heterocycles. The van der Waals surface area contributed by atoms with Gasteiger partial charge in [0.25, 0.3) is 0 Å². The van der Waals surface area contributed by atoms with Crippen molar-refractivity contribution < 1.29 is 9.90 Å². The van der Waals surface area contributed by atoms with Gasteiger partial charge < -0.3 is 5.11 Å². The van der Waals surface area contributed by atoms with E-state index in [9.17, 15) is 9.90 Å². The summed E-state index contributed by atoms with van der Waals surface area (Å²) in [4.78, 5) is 12.5. The number of hydrogen-bond acceptors (Lipinski definition) is 2. The Hall–Kier alpha value is -2.06. The highest BCUT2D eigenvalue weighted by Crippen LogP contribution is 2.42. The van der Waals surface area contributed by atoms with E-state index in [-0.39, 0.29) is 17.0 Å². The summed E-state index contributed by atoms with van der Waals surface area (Å²) in [6.45, 7) is 7.99. The Morgan fingerprint density at radius 2 is 1.56 bits per heavy atom. The predicted molar refractivity (Wildman–Crippen MR) is 104 cm³/mol. The molecule has 25 heavy (non-hydrogen) atoms. The Kier molecular flexibility index (Phi) is 4.51. The molecule has 2 nitrogen and oxygen atoms in total. The van der Waals surface area contributed by atoms with Crippen molar-refractivity contribution >= 4 is 23.0 Å². The minimum Gasteiger partial charge on any atom is -0.511 e. The van der Waals surface area contributed by atoms with E-state index < -0.39 is 0 Å². The quantitative estimate of drug-likeness (QED) is 0.688. The van der Waals surface area contributed by atoms with Gasteiger partial charge in [-0.2, -0.15) is 0 Å². The van der Waals surface area contributed by atoms with Crippen LogP contribution in [0.15, 0.2) is 42.2 Å². The van der Waals surface area contributed by atoms with Crippen LogP contribution in [0.1, 0.15) is 43.4 Å². The van der Waals surface area contributed by atoms with Crippen molar-refractivity contribution in [3.63, 3.8) is 0 Å². The largest absolute Gasteiger partial charge is 0.511 e. The van der Waals surface area contributed by atoms with Crippen LogP contribution in [0.2, 0.25) is 5.02 Å². The zero-order chi connectivity index (χ0) is 18.4. The summed E-state index contributed by atoms with van der Waals surface area (Å²) in [5.74, 6) is 0.240. The van der Waals surface area contributed by atoms with Gasteiger partial charge in [-0.25, -0.2) is 0 Å². The van der Waals surface area contributed by atoms with Crippen molar-refractivity contribution in [2.45, 2.75) is 40.5 Å². The van der Waals surface area contributed by atoms with E-state index in [4.69, 9.17) is 11.6 Å². The van der Waals surface area contributed by atoms with Gasteiger partial charge in [-0.1, -0.05) is 49.7 Å². The lowest BCUT2D eigenvalue weighted by Crippen LogP contribution is -2.25. The van der Waals surface area contributed by atoms with Gasteiger partial charge in [-0.05, 0) is 60.2 Å². The molecule has 0 aromatic heterocycles. The second-order valence-electron chi connectivity index (χ2n) is 7.52. The van der Waals surface area contributed by atoms with Crippen LogP contribution in [0.3, 0.4) is 0 Å². The topological polar surface area (TPSA) is 37.3 Å². The van der Waals surface area contributed by atoms with Crippen LogP contribution in [0.4, 0.5) is 0 Å². The van der Waals surface area contributed by atoms with E-state index in [0.717, 1.165) is 27.8 Å². The van der Waals surface area contributed by atoms with E-state index in [2.05, 4.69) is 6.07 Å². The first kappa shape index (κ1) is 17.8. The minimum absolute atomic E-state index is 0.0265. The van der Waals surface area contributed by atoms with Crippen LogP contribution in [-0.2, 0) is 4.79 Å². The summed E-state index contributed by atoms with van der Waals surface area (Å²) in [7, 11) is 0. The van der Waals surface area contributed by atoms with Crippen LogP contribution < -0.4 is 0 Å². The van der Waals surface area contributed by atoms with Crippen molar-refractivity contribution in [1.82, 2.24) is 0 Å². The molecule has 3 heteroatoms. The Morgan fingerprint density at radius 3 is 2.20 bits per heavy atom. The Balaban J connectivity index is 2.15. The summed E-state index contributed by atoms with van der Waals surface area (Å²) >= 11 is 5.98. The highest BCUT2D eigenvalue weighted by Gasteiger charge is 2.35. The average molecular weight is 355 g/mol. The molecule has 2 aromatic carbocycles. The number of ketones is 1. The highest BCUT2D eigenvalue weighted by atomic mass is 35.5. The number of halogens is 1. The number of rotatable bonds is 2. The molecule has 2 aromatic rings. The molecule has 0 saturated carbocycles. The average Bonchev–Trinajstić information content (AvgIpc) is 2.56. The van der Waals surface area contributed by atoms with Crippen molar-refractivity contribution in [3.05, 3.63) is 63.9 Å². The maximum Gasteiger partial charge on any atom is 0.166 e. The first-order valence-electron chi connectivity index (χ1n) is 8.55. The zero-order valence-electron chi connectivity index (χ0n) is 15.1. The third kappa shape index (κ3) is 3.23. The Morgan fingerprint density at radius 1 is 1.00 bits per heavy atom. The Labute approximate surface area is 154 Å². The number of aliphatic hydroxyl groups is 1. The maximum absolute atomic E-state index is 12.5. The predicted octanol–water partition coefficient (Wildman–Crippen LogP) is 6.28. The smallest absolute Gasteiger partial charge is 0.166 e. The molecule has 0 saturated heterocycles. The molecule has 130 valence electrons. The minimum atomic E-state index is -0.363. The maximum atomic E-state index is 12.5. The summed E-state index contributed by atoms with van der Waals surface area (Å²) in [5.41, 5.74) is 5.22. The molecular weight excluding hydrogens is 332 g/mol. The first-order valence-corrected chi connectivity index (χ1v) is 8.93. The van der Waals surface area contributed by atoms with Crippen LogP contribution >= 0.6 is 11.6 Å². The molecule has 1 N–H and O–H groups in total. The van der Waals surface area contributed by atoms with Crippen LogP contribution in [-0.4, -0.2) is 10.9 Å². The van der Waals surface area contributed by atoms with E-state index in [1.807, 2.05) is 58.0 Å². The van der Waals surface area contributed by atoms with E-state index >= 15 is 0 Å². The molecule has 0 bridgehead atoms. The normalized spacial score (nSPS) is 17.1. The van der Waals surface area contributed by atoms with Crippen LogP contribution in [0, 0.1) is 19.3 Å². The number of carbonyl (C=O) groups is 1. The third-order valence-electron chi connectivity index (χ3n) is 5.13. The van der Waals surface area contributed by atoms with Crippen LogP contribution in [0.5, 0.6) is 0 Å². The van der Waals surface area contributed by atoms with Crippen molar-refractivity contribution in [3.8, 4) is 11.1 Å². The molecular formula is C22H23ClO2. The molecule has 0 atom stereocenters. The standard InChI is InChI=1S/C22H23ClO2/c1-13-12-18(20-19(24)9-10-22(3,4)21(20)25)14(2)11-17(13)15-5-7-16(23)8-6-15/h5-8,11-12,25H,9-10H2,1-4H3. The molecule has 0 spiro atoms. The summed E-state index contributed by atoms with van der Waals surface area (Å²) in [6, 6.07) is 11.8. The number of aliphatic hydroxyl groups excluding tert-OH is 1. The molecule has 0 fully saturated rings. The number of benzene rings is 2. The monoisotopic (exact) mass is 354 g/mol.